The Bertz CT molecular complexity index is 1600. The van der Waals surface area contributed by atoms with E-state index in [0.29, 0.717) is 48.4 Å². The summed E-state index contributed by atoms with van der Waals surface area (Å²) in [6, 6.07) is 25.8. The number of aromatic nitrogens is 1. The first-order valence-corrected chi connectivity index (χ1v) is 14.3. The van der Waals surface area contributed by atoms with E-state index in [1.165, 1.54) is 4.70 Å². The van der Waals surface area contributed by atoms with Crippen molar-refractivity contribution in [3.05, 3.63) is 90.0 Å². The van der Waals surface area contributed by atoms with E-state index in [1.807, 2.05) is 84.9 Å². The van der Waals surface area contributed by atoms with E-state index >= 15 is 0 Å². The van der Waals surface area contributed by atoms with Crippen molar-refractivity contribution in [1.29, 1.82) is 0 Å². The van der Waals surface area contributed by atoms with Gasteiger partial charge < -0.3 is 28.4 Å². The van der Waals surface area contributed by atoms with Crippen LogP contribution < -0.4 is 28.4 Å². The number of hydrogen-bond acceptors (Lipinski definition) is 8. The molecule has 0 N–H and O–H groups in total. The van der Waals surface area contributed by atoms with Gasteiger partial charge in [-0.3, -0.25) is 0 Å². The molecule has 0 spiro atoms. The fraction of sp³-hybridized carbons (Fsp3) is 0.206. The molecule has 0 aliphatic rings. The fourth-order valence-electron chi connectivity index (χ4n) is 4.42. The number of nitrogens with zero attached hydrogens (tertiary/aromatic N) is 1. The van der Waals surface area contributed by atoms with Crippen LogP contribution in [0.2, 0.25) is 0 Å². The highest BCUT2D eigenvalue weighted by molar-refractivity contribution is 7.21. The number of hydrogen-bond donors (Lipinski definition) is 0. The smallest absolute Gasteiger partial charge is 0.203 e. The average Bonchev–Trinajstić information content (AvgIpc) is 3.48. The van der Waals surface area contributed by atoms with Crippen molar-refractivity contribution in [2.75, 3.05) is 41.7 Å². The quantitative estimate of drug-likeness (QED) is 0.103. The summed E-state index contributed by atoms with van der Waals surface area (Å²) >= 11 is 1.69. The first-order chi connectivity index (χ1) is 20.6. The third-order valence-corrected chi connectivity index (χ3v) is 7.64. The minimum atomic E-state index is 0.486. The number of benzene rings is 4. The van der Waals surface area contributed by atoms with Gasteiger partial charge in [0.05, 0.1) is 51.9 Å². The van der Waals surface area contributed by atoms with Crippen molar-refractivity contribution in [2.45, 2.75) is 6.42 Å². The third kappa shape index (κ3) is 6.78. The van der Waals surface area contributed by atoms with Crippen molar-refractivity contribution in [3.63, 3.8) is 0 Å². The molecule has 5 rings (SSSR count). The Balaban J connectivity index is 1.15. The topological polar surface area (TPSA) is 68.3 Å². The molecule has 8 heteroatoms. The van der Waals surface area contributed by atoms with Gasteiger partial charge in [-0.1, -0.05) is 30.4 Å². The normalized spacial score (nSPS) is 11.0. The lowest BCUT2D eigenvalue weighted by Crippen LogP contribution is -2.05. The van der Waals surface area contributed by atoms with Crippen molar-refractivity contribution in [2.24, 2.45) is 0 Å². The zero-order chi connectivity index (χ0) is 29.3. The van der Waals surface area contributed by atoms with E-state index in [9.17, 15) is 0 Å². The van der Waals surface area contributed by atoms with E-state index in [0.717, 1.165) is 33.0 Å². The highest BCUT2D eigenvalue weighted by Crippen LogP contribution is 2.39. The molecule has 7 nitrogen and oxygen atoms in total. The maximum absolute atomic E-state index is 6.07. The molecule has 0 fully saturated rings. The van der Waals surface area contributed by atoms with Gasteiger partial charge in [-0.25, -0.2) is 4.98 Å². The Morgan fingerprint density at radius 1 is 0.643 bits per heavy atom. The number of thiazole rings is 1. The first kappa shape index (κ1) is 28.8. The maximum Gasteiger partial charge on any atom is 0.203 e. The molecule has 0 unspecified atom stereocenters. The maximum atomic E-state index is 6.07. The summed E-state index contributed by atoms with van der Waals surface area (Å²) in [6.45, 7) is 1.02. The van der Waals surface area contributed by atoms with Gasteiger partial charge in [0.15, 0.2) is 23.0 Å². The molecule has 0 bridgehead atoms. The van der Waals surface area contributed by atoms with Crippen LogP contribution in [0, 0.1) is 0 Å². The van der Waals surface area contributed by atoms with Gasteiger partial charge in [0.2, 0.25) is 5.75 Å². The summed E-state index contributed by atoms with van der Waals surface area (Å²) in [5.74, 6) is 3.92. The number of ether oxygens (including phenoxy) is 6. The van der Waals surface area contributed by atoms with Gasteiger partial charge in [0.1, 0.15) is 10.8 Å². The van der Waals surface area contributed by atoms with Crippen LogP contribution in [0.1, 0.15) is 17.5 Å². The lowest BCUT2D eigenvalue weighted by Gasteiger charge is -2.13. The van der Waals surface area contributed by atoms with Crippen molar-refractivity contribution in [1.82, 2.24) is 4.98 Å². The molecule has 1 heterocycles. The zero-order valence-corrected chi connectivity index (χ0v) is 24.9. The Kier molecular flexibility index (Phi) is 9.46. The summed E-state index contributed by atoms with van der Waals surface area (Å²) < 4.78 is 35.0. The molecule has 5 aromatic rings. The monoisotopic (exact) mass is 583 g/mol. The Morgan fingerprint density at radius 2 is 1.31 bits per heavy atom. The zero-order valence-electron chi connectivity index (χ0n) is 24.1. The van der Waals surface area contributed by atoms with Crippen molar-refractivity contribution in [3.8, 4) is 45.1 Å². The number of para-hydroxylation sites is 1. The van der Waals surface area contributed by atoms with E-state index in [-0.39, 0.29) is 0 Å². The summed E-state index contributed by atoms with van der Waals surface area (Å²) in [5.41, 5.74) is 3.98. The molecular formula is C34H33NO6S. The van der Waals surface area contributed by atoms with Crippen LogP contribution in [0.4, 0.5) is 0 Å². The SMILES string of the molecule is COc1ccc(C=Cc2cc(OC)c(OC)c(OC)c2)cc1OCCCOc1ccc(-c2nc3ccccc3s2)cc1. The molecule has 0 atom stereocenters. The molecule has 1 aromatic heterocycles. The predicted octanol–water partition coefficient (Wildman–Crippen LogP) is 8.02. The lowest BCUT2D eigenvalue weighted by atomic mass is 10.1. The Labute approximate surface area is 249 Å². The van der Waals surface area contributed by atoms with E-state index in [4.69, 9.17) is 33.4 Å². The van der Waals surface area contributed by atoms with Crippen molar-refractivity contribution < 1.29 is 28.4 Å². The van der Waals surface area contributed by atoms with Crippen LogP contribution in [0.15, 0.2) is 78.9 Å². The van der Waals surface area contributed by atoms with Crippen LogP contribution in [0.5, 0.6) is 34.5 Å². The number of rotatable bonds is 13. The molecule has 0 radical (unpaired) electrons. The predicted molar refractivity (Wildman–Crippen MR) is 169 cm³/mol. The Morgan fingerprint density at radius 3 is 2.00 bits per heavy atom. The minimum absolute atomic E-state index is 0.486. The molecular weight excluding hydrogens is 550 g/mol. The first-order valence-electron chi connectivity index (χ1n) is 13.5. The largest absolute Gasteiger partial charge is 0.493 e. The Hall–Kier alpha value is -4.69. The van der Waals surface area contributed by atoms with E-state index < -0.39 is 0 Å². The minimum Gasteiger partial charge on any atom is -0.493 e. The lowest BCUT2D eigenvalue weighted by molar-refractivity contribution is 0.240. The van der Waals surface area contributed by atoms with Crippen LogP contribution in [-0.4, -0.2) is 46.6 Å². The summed E-state index contributed by atoms with van der Waals surface area (Å²) in [6.07, 6.45) is 4.69. The molecule has 0 aliphatic heterocycles. The second-order valence-corrected chi connectivity index (χ2v) is 10.3. The summed E-state index contributed by atoms with van der Waals surface area (Å²) in [7, 11) is 6.42. The molecule has 0 saturated carbocycles. The number of fused-ring (bicyclic) bond motifs is 1. The highest BCUT2D eigenvalue weighted by atomic mass is 32.1. The third-order valence-electron chi connectivity index (χ3n) is 6.55. The molecule has 0 aliphatic carbocycles. The van der Waals surface area contributed by atoms with Gasteiger partial charge in [0, 0.05) is 12.0 Å². The molecule has 42 heavy (non-hydrogen) atoms. The van der Waals surface area contributed by atoms with Gasteiger partial charge in [-0.15, -0.1) is 11.3 Å². The standard InChI is InChI=1S/C34H33NO6S/c1-36-28-17-12-23(10-11-24-21-30(37-2)33(39-4)31(22-24)38-3)20-29(28)41-19-7-18-40-26-15-13-25(14-16-26)34-35-27-8-5-6-9-32(27)42-34/h5-6,8-17,20-22H,7,18-19H2,1-4H3. The van der Waals surface area contributed by atoms with E-state index in [1.54, 1.807) is 39.8 Å². The summed E-state index contributed by atoms with van der Waals surface area (Å²) in [5, 5.41) is 1.01. The van der Waals surface area contributed by atoms with Gasteiger partial charge in [0.25, 0.3) is 0 Å². The summed E-state index contributed by atoms with van der Waals surface area (Å²) in [4.78, 5) is 4.73. The van der Waals surface area contributed by atoms with Crippen LogP contribution in [-0.2, 0) is 0 Å². The highest BCUT2D eigenvalue weighted by Gasteiger charge is 2.12. The van der Waals surface area contributed by atoms with E-state index in [2.05, 4.69) is 6.07 Å². The average molecular weight is 584 g/mol. The van der Waals surface area contributed by atoms with Crippen molar-refractivity contribution >= 4 is 33.7 Å². The molecule has 0 saturated heterocycles. The van der Waals surface area contributed by atoms with Crippen LogP contribution in [0.25, 0.3) is 32.9 Å². The van der Waals surface area contributed by atoms with Gasteiger partial charge >= 0.3 is 0 Å². The molecule has 4 aromatic carbocycles. The second kappa shape index (κ2) is 13.8. The van der Waals surface area contributed by atoms with Crippen LogP contribution in [0.3, 0.4) is 0 Å². The van der Waals surface area contributed by atoms with Gasteiger partial charge in [-0.2, -0.15) is 0 Å². The van der Waals surface area contributed by atoms with Gasteiger partial charge in [-0.05, 0) is 71.8 Å². The second-order valence-electron chi connectivity index (χ2n) is 9.26. The molecule has 0 amide bonds. The fourth-order valence-corrected chi connectivity index (χ4v) is 5.39. The molecule has 216 valence electrons. The number of methoxy groups -OCH3 is 4. The van der Waals surface area contributed by atoms with Crippen LogP contribution >= 0.6 is 11.3 Å².